The summed E-state index contributed by atoms with van der Waals surface area (Å²) in [6.45, 7) is 7.00. The molecule has 122 valence electrons. The molecule has 0 bridgehead atoms. The third kappa shape index (κ3) is 3.15. The number of ether oxygens (including phenoxy) is 1. The summed E-state index contributed by atoms with van der Waals surface area (Å²) in [6, 6.07) is 9.87. The first-order valence-electron chi connectivity index (χ1n) is 7.98. The Labute approximate surface area is 136 Å². The van der Waals surface area contributed by atoms with Crippen molar-refractivity contribution in [2.24, 2.45) is 0 Å². The number of nitrogens with zero attached hydrogens (tertiary/aromatic N) is 2. The summed E-state index contributed by atoms with van der Waals surface area (Å²) in [6.07, 6.45) is 1.36. The number of rotatable bonds is 3. The van der Waals surface area contributed by atoms with Crippen molar-refractivity contribution in [3.8, 4) is 0 Å². The average molecular weight is 314 g/mol. The molecule has 0 aliphatic carbocycles. The lowest BCUT2D eigenvalue weighted by atomic mass is 10.0. The van der Waals surface area contributed by atoms with Gasteiger partial charge in [0.05, 0.1) is 18.8 Å². The number of carbonyl (C=O) groups is 1. The van der Waals surface area contributed by atoms with E-state index in [0.29, 0.717) is 24.6 Å². The van der Waals surface area contributed by atoms with Crippen LogP contribution in [-0.2, 0) is 4.74 Å². The van der Waals surface area contributed by atoms with Crippen LogP contribution in [0.1, 0.15) is 54.5 Å². The summed E-state index contributed by atoms with van der Waals surface area (Å²) in [5.41, 5.74) is 1.48. The van der Waals surface area contributed by atoms with Crippen molar-refractivity contribution in [1.82, 2.24) is 9.88 Å². The highest BCUT2D eigenvalue weighted by Crippen LogP contribution is 2.29. The van der Waals surface area contributed by atoms with Gasteiger partial charge in [-0.05, 0) is 12.5 Å². The lowest BCUT2D eigenvalue weighted by Crippen LogP contribution is -2.47. The maximum absolute atomic E-state index is 13.1. The Hall–Kier alpha value is -2.14. The van der Waals surface area contributed by atoms with E-state index < -0.39 is 0 Å². The minimum atomic E-state index is -0.100. The molecule has 2 heterocycles. The number of carbonyl (C=O) groups excluding carboxylic acids is 1. The van der Waals surface area contributed by atoms with E-state index in [-0.39, 0.29) is 24.0 Å². The first kappa shape index (κ1) is 15.7. The van der Waals surface area contributed by atoms with E-state index in [2.05, 4.69) is 4.98 Å². The van der Waals surface area contributed by atoms with Gasteiger partial charge < -0.3 is 14.1 Å². The fourth-order valence-corrected chi connectivity index (χ4v) is 2.94. The van der Waals surface area contributed by atoms with Gasteiger partial charge in [0.1, 0.15) is 5.76 Å². The third-order valence-corrected chi connectivity index (χ3v) is 4.14. The van der Waals surface area contributed by atoms with Crippen molar-refractivity contribution in [2.45, 2.75) is 38.8 Å². The average Bonchev–Trinajstić information content (AvgIpc) is 3.05. The summed E-state index contributed by atoms with van der Waals surface area (Å²) >= 11 is 0. The molecule has 0 radical (unpaired) electrons. The molecule has 3 rings (SSSR count). The van der Waals surface area contributed by atoms with Crippen LogP contribution in [-0.4, -0.2) is 35.0 Å². The van der Waals surface area contributed by atoms with E-state index in [1.165, 1.54) is 6.39 Å². The second-order valence-electron chi connectivity index (χ2n) is 6.25. The molecule has 0 spiro atoms. The number of benzene rings is 1. The van der Waals surface area contributed by atoms with Gasteiger partial charge in [-0.2, -0.15) is 0 Å². The molecule has 1 amide bonds. The van der Waals surface area contributed by atoms with Crippen molar-refractivity contribution in [1.29, 1.82) is 0 Å². The summed E-state index contributed by atoms with van der Waals surface area (Å²) in [4.78, 5) is 19.1. The minimum absolute atomic E-state index is 0.00770. The van der Waals surface area contributed by atoms with Gasteiger partial charge in [-0.25, -0.2) is 4.98 Å². The first-order valence-corrected chi connectivity index (χ1v) is 7.98. The topological polar surface area (TPSA) is 55.6 Å². The smallest absolute Gasteiger partial charge is 0.276 e. The van der Waals surface area contributed by atoms with Crippen molar-refractivity contribution >= 4 is 5.91 Å². The lowest BCUT2D eigenvalue weighted by Gasteiger charge is -2.38. The van der Waals surface area contributed by atoms with Gasteiger partial charge in [-0.3, -0.25) is 4.79 Å². The number of hydrogen-bond acceptors (Lipinski definition) is 4. The molecule has 5 heteroatoms. The molecule has 1 fully saturated rings. The van der Waals surface area contributed by atoms with Crippen LogP contribution in [0.4, 0.5) is 0 Å². The summed E-state index contributed by atoms with van der Waals surface area (Å²) in [7, 11) is 0. The molecule has 0 saturated carbocycles. The van der Waals surface area contributed by atoms with Crippen LogP contribution in [0.2, 0.25) is 0 Å². The van der Waals surface area contributed by atoms with E-state index in [0.717, 1.165) is 5.56 Å². The maximum Gasteiger partial charge on any atom is 0.276 e. The van der Waals surface area contributed by atoms with Crippen LogP contribution in [0.5, 0.6) is 0 Å². The standard InChI is InChI=1S/C18H22N2O3/c1-12(2)17-16(19-11-23-17)18(21)20-9-13(3)22-10-15(20)14-7-5-4-6-8-14/h4-8,11-13,15H,9-10H2,1-3H3/t13-,15-/m1/s1. The molecule has 2 atom stereocenters. The predicted octanol–water partition coefficient (Wildman–Crippen LogP) is 3.40. The van der Waals surface area contributed by atoms with Gasteiger partial charge in [0.15, 0.2) is 12.1 Å². The fraction of sp³-hybridized carbons (Fsp3) is 0.444. The Bertz CT molecular complexity index is 666. The van der Waals surface area contributed by atoms with E-state index in [1.54, 1.807) is 0 Å². The number of oxazole rings is 1. The molecule has 5 nitrogen and oxygen atoms in total. The zero-order chi connectivity index (χ0) is 16.4. The third-order valence-electron chi connectivity index (χ3n) is 4.14. The number of aromatic nitrogens is 1. The van der Waals surface area contributed by atoms with E-state index in [9.17, 15) is 4.79 Å². The summed E-state index contributed by atoms with van der Waals surface area (Å²) < 4.78 is 11.2. The van der Waals surface area contributed by atoms with Crippen molar-refractivity contribution < 1.29 is 13.9 Å². The Balaban J connectivity index is 1.93. The quantitative estimate of drug-likeness (QED) is 0.871. The van der Waals surface area contributed by atoms with Crippen LogP contribution < -0.4 is 0 Å². The molecule has 2 aromatic rings. The molecule has 1 aromatic heterocycles. The zero-order valence-electron chi connectivity index (χ0n) is 13.7. The normalized spacial score (nSPS) is 21.7. The van der Waals surface area contributed by atoms with Crippen molar-refractivity contribution in [3.05, 3.63) is 53.7 Å². The lowest BCUT2D eigenvalue weighted by molar-refractivity contribution is -0.0450. The summed E-state index contributed by atoms with van der Waals surface area (Å²) in [5, 5.41) is 0. The number of amides is 1. The van der Waals surface area contributed by atoms with Gasteiger partial charge >= 0.3 is 0 Å². The molecule has 1 aliphatic heterocycles. The van der Waals surface area contributed by atoms with Crippen molar-refractivity contribution in [3.63, 3.8) is 0 Å². The second kappa shape index (κ2) is 6.54. The molecule has 0 N–H and O–H groups in total. The van der Waals surface area contributed by atoms with Gasteiger partial charge in [0.25, 0.3) is 5.91 Å². The molecular weight excluding hydrogens is 292 g/mol. The SMILES string of the molecule is CC(C)c1ocnc1C(=O)N1C[C@@H](C)OC[C@@H]1c1ccccc1. The highest BCUT2D eigenvalue weighted by Gasteiger charge is 2.34. The minimum Gasteiger partial charge on any atom is -0.447 e. The Morgan fingerprint density at radius 1 is 1.30 bits per heavy atom. The Kier molecular flexibility index (Phi) is 4.48. The zero-order valence-corrected chi connectivity index (χ0v) is 13.7. The van der Waals surface area contributed by atoms with Crippen molar-refractivity contribution in [2.75, 3.05) is 13.2 Å². The van der Waals surface area contributed by atoms with Gasteiger partial charge in [-0.1, -0.05) is 44.2 Å². The predicted molar refractivity (Wildman–Crippen MR) is 86.2 cm³/mol. The molecule has 0 unspecified atom stereocenters. The van der Waals surface area contributed by atoms with Gasteiger partial charge in [0, 0.05) is 12.5 Å². The van der Waals surface area contributed by atoms with Crippen LogP contribution in [0.3, 0.4) is 0 Å². The highest BCUT2D eigenvalue weighted by atomic mass is 16.5. The van der Waals surface area contributed by atoms with E-state index in [1.807, 2.05) is 56.0 Å². The highest BCUT2D eigenvalue weighted by molar-refractivity contribution is 5.93. The number of morpholine rings is 1. The molecular formula is C18H22N2O3. The maximum atomic E-state index is 13.1. The second-order valence-corrected chi connectivity index (χ2v) is 6.25. The summed E-state index contributed by atoms with van der Waals surface area (Å²) in [5.74, 6) is 0.664. The monoisotopic (exact) mass is 314 g/mol. The Morgan fingerprint density at radius 2 is 2.04 bits per heavy atom. The van der Waals surface area contributed by atoms with E-state index >= 15 is 0 Å². The molecule has 1 aliphatic rings. The van der Waals surface area contributed by atoms with Gasteiger partial charge in [0.2, 0.25) is 0 Å². The van der Waals surface area contributed by atoms with Gasteiger partial charge in [-0.15, -0.1) is 0 Å². The number of hydrogen-bond donors (Lipinski definition) is 0. The van der Waals surface area contributed by atoms with Crippen LogP contribution in [0.25, 0.3) is 0 Å². The largest absolute Gasteiger partial charge is 0.447 e. The first-order chi connectivity index (χ1) is 11.1. The van der Waals surface area contributed by atoms with Crippen LogP contribution in [0, 0.1) is 0 Å². The fourth-order valence-electron chi connectivity index (χ4n) is 2.94. The molecule has 1 saturated heterocycles. The molecule has 23 heavy (non-hydrogen) atoms. The van der Waals surface area contributed by atoms with Crippen LogP contribution >= 0.6 is 0 Å². The Morgan fingerprint density at radius 3 is 2.74 bits per heavy atom. The van der Waals surface area contributed by atoms with Crippen LogP contribution in [0.15, 0.2) is 41.1 Å². The van der Waals surface area contributed by atoms with E-state index in [4.69, 9.17) is 9.15 Å². The molecule has 1 aromatic carbocycles.